The van der Waals surface area contributed by atoms with Gasteiger partial charge in [0.1, 0.15) is 0 Å². The summed E-state index contributed by atoms with van der Waals surface area (Å²) in [6, 6.07) is 0. The van der Waals surface area contributed by atoms with Crippen molar-refractivity contribution in [1.29, 1.82) is 0 Å². The average molecular weight is 292 g/mol. The maximum Gasteiger partial charge on any atom is 0.0849 e. The van der Waals surface area contributed by atoms with Gasteiger partial charge in [-0.15, -0.1) is 0 Å². The highest BCUT2D eigenvalue weighted by Crippen LogP contribution is 2.50. The van der Waals surface area contributed by atoms with E-state index < -0.39 is 0 Å². The molecule has 1 fully saturated rings. The summed E-state index contributed by atoms with van der Waals surface area (Å²) in [5.74, 6) is 0. The van der Waals surface area contributed by atoms with Crippen molar-refractivity contribution < 1.29 is 0 Å². The number of hydrogen-bond donors (Lipinski definition) is 0. The third-order valence-corrected chi connectivity index (χ3v) is 4.91. The van der Waals surface area contributed by atoms with Gasteiger partial charge in [0.15, 0.2) is 0 Å². The normalized spacial score (nSPS) is 18.1. The standard InChI is InChI=1S/C11H16BrClN2/c1-3-8-10(13)9(15(2)14-8)6-11(7-12)4-5-11/h3-7H2,1-2H3. The molecule has 1 heterocycles. The second kappa shape index (κ2) is 4.10. The second-order valence-corrected chi connectivity index (χ2v) is 5.43. The topological polar surface area (TPSA) is 17.8 Å². The smallest absolute Gasteiger partial charge is 0.0849 e. The molecule has 15 heavy (non-hydrogen) atoms. The van der Waals surface area contributed by atoms with E-state index in [0.29, 0.717) is 5.41 Å². The third kappa shape index (κ3) is 2.09. The summed E-state index contributed by atoms with van der Waals surface area (Å²) in [5, 5.41) is 6.40. The first-order valence-electron chi connectivity index (χ1n) is 5.38. The maximum atomic E-state index is 6.32. The lowest BCUT2D eigenvalue weighted by molar-refractivity contribution is 0.549. The fourth-order valence-corrected chi connectivity index (χ4v) is 3.02. The van der Waals surface area contributed by atoms with Crippen molar-refractivity contribution in [3.05, 3.63) is 16.4 Å². The van der Waals surface area contributed by atoms with Crippen LogP contribution in [0.3, 0.4) is 0 Å². The molecule has 84 valence electrons. The third-order valence-electron chi connectivity index (χ3n) is 3.29. The molecule has 1 aromatic rings. The summed E-state index contributed by atoms with van der Waals surface area (Å²) >= 11 is 9.91. The average Bonchev–Trinajstić information content (AvgIpc) is 2.96. The summed E-state index contributed by atoms with van der Waals surface area (Å²) < 4.78 is 1.95. The molecule has 0 N–H and O–H groups in total. The minimum absolute atomic E-state index is 0.461. The van der Waals surface area contributed by atoms with Crippen LogP contribution in [0.1, 0.15) is 31.2 Å². The van der Waals surface area contributed by atoms with Crippen molar-refractivity contribution >= 4 is 27.5 Å². The Morgan fingerprint density at radius 2 is 2.20 bits per heavy atom. The SMILES string of the molecule is CCc1nn(C)c(CC2(CBr)CC2)c1Cl. The number of aryl methyl sites for hydroxylation is 2. The van der Waals surface area contributed by atoms with Crippen LogP contribution in [0.4, 0.5) is 0 Å². The van der Waals surface area contributed by atoms with Gasteiger partial charge in [0, 0.05) is 12.4 Å². The maximum absolute atomic E-state index is 6.32. The molecule has 0 spiro atoms. The van der Waals surface area contributed by atoms with Gasteiger partial charge in [-0.1, -0.05) is 34.5 Å². The summed E-state index contributed by atoms with van der Waals surface area (Å²) in [4.78, 5) is 0. The molecule has 1 aliphatic carbocycles. The van der Waals surface area contributed by atoms with Gasteiger partial charge in [0.25, 0.3) is 0 Å². The zero-order valence-electron chi connectivity index (χ0n) is 9.19. The summed E-state index contributed by atoms with van der Waals surface area (Å²) in [5.41, 5.74) is 2.69. The van der Waals surface area contributed by atoms with Gasteiger partial charge in [-0.3, -0.25) is 4.68 Å². The zero-order valence-corrected chi connectivity index (χ0v) is 11.5. The van der Waals surface area contributed by atoms with Gasteiger partial charge in [-0.2, -0.15) is 5.10 Å². The van der Waals surface area contributed by atoms with E-state index in [-0.39, 0.29) is 0 Å². The monoisotopic (exact) mass is 290 g/mol. The van der Waals surface area contributed by atoms with Crippen molar-refractivity contribution in [2.24, 2.45) is 12.5 Å². The van der Waals surface area contributed by atoms with Crippen LogP contribution in [0.2, 0.25) is 5.02 Å². The number of nitrogens with zero attached hydrogens (tertiary/aromatic N) is 2. The number of hydrogen-bond acceptors (Lipinski definition) is 1. The van der Waals surface area contributed by atoms with E-state index in [0.717, 1.165) is 28.9 Å². The van der Waals surface area contributed by atoms with Crippen LogP contribution in [-0.4, -0.2) is 15.1 Å². The molecule has 0 radical (unpaired) electrons. The Labute approximate surface area is 104 Å². The zero-order chi connectivity index (χ0) is 11.1. The van der Waals surface area contributed by atoms with E-state index in [1.807, 2.05) is 11.7 Å². The molecule has 0 aromatic carbocycles. The lowest BCUT2D eigenvalue weighted by Gasteiger charge is -2.11. The van der Waals surface area contributed by atoms with Crippen molar-refractivity contribution in [3.63, 3.8) is 0 Å². The number of alkyl halides is 1. The Hall–Kier alpha value is -0.0200. The fraction of sp³-hybridized carbons (Fsp3) is 0.727. The second-order valence-electron chi connectivity index (χ2n) is 4.49. The molecule has 0 unspecified atom stereocenters. The van der Waals surface area contributed by atoms with Gasteiger partial charge in [0.05, 0.1) is 16.4 Å². The molecule has 2 rings (SSSR count). The molecule has 0 aliphatic heterocycles. The minimum atomic E-state index is 0.461. The molecule has 1 aliphatic rings. The van der Waals surface area contributed by atoms with Crippen LogP contribution in [0.25, 0.3) is 0 Å². The first-order chi connectivity index (χ1) is 7.12. The van der Waals surface area contributed by atoms with Crippen LogP contribution in [0.15, 0.2) is 0 Å². The Bertz CT molecular complexity index is 369. The largest absolute Gasteiger partial charge is 0.271 e. The Morgan fingerprint density at radius 1 is 1.53 bits per heavy atom. The van der Waals surface area contributed by atoms with Crippen molar-refractivity contribution in [2.75, 3.05) is 5.33 Å². The highest BCUT2D eigenvalue weighted by atomic mass is 79.9. The van der Waals surface area contributed by atoms with Crippen LogP contribution in [-0.2, 0) is 19.9 Å². The summed E-state index contributed by atoms with van der Waals surface area (Å²) in [6.45, 7) is 2.09. The number of aromatic nitrogens is 2. The van der Waals surface area contributed by atoms with Crippen molar-refractivity contribution in [3.8, 4) is 0 Å². The summed E-state index contributed by atoms with van der Waals surface area (Å²) in [6.07, 6.45) is 4.58. The Balaban J connectivity index is 2.24. The molecule has 2 nitrogen and oxygen atoms in total. The molecular weight excluding hydrogens is 275 g/mol. The van der Waals surface area contributed by atoms with Gasteiger partial charge in [-0.05, 0) is 31.1 Å². The van der Waals surface area contributed by atoms with Crippen LogP contribution >= 0.6 is 27.5 Å². The molecule has 0 bridgehead atoms. The van der Waals surface area contributed by atoms with Gasteiger partial charge in [-0.25, -0.2) is 0 Å². The molecule has 1 aromatic heterocycles. The molecule has 1 saturated carbocycles. The van der Waals surface area contributed by atoms with Crippen molar-refractivity contribution in [1.82, 2.24) is 9.78 Å². The number of rotatable bonds is 4. The molecular formula is C11H16BrClN2. The van der Waals surface area contributed by atoms with Gasteiger partial charge >= 0.3 is 0 Å². The van der Waals surface area contributed by atoms with E-state index in [1.165, 1.54) is 18.5 Å². The van der Waals surface area contributed by atoms with Gasteiger partial charge in [0.2, 0.25) is 0 Å². The van der Waals surface area contributed by atoms with E-state index in [2.05, 4.69) is 28.0 Å². The van der Waals surface area contributed by atoms with E-state index >= 15 is 0 Å². The van der Waals surface area contributed by atoms with Crippen molar-refractivity contribution in [2.45, 2.75) is 32.6 Å². The van der Waals surface area contributed by atoms with E-state index in [9.17, 15) is 0 Å². The van der Waals surface area contributed by atoms with Gasteiger partial charge < -0.3 is 0 Å². The quantitative estimate of drug-likeness (QED) is 0.778. The Kier molecular flexibility index (Phi) is 3.13. The molecule has 0 amide bonds. The predicted molar refractivity (Wildman–Crippen MR) is 66.8 cm³/mol. The minimum Gasteiger partial charge on any atom is -0.271 e. The van der Waals surface area contributed by atoms with E-state index in [4.69, 9.17) is 11.6 Å². The molecule has 0 saturated heterocycles. The highest BCUT2D eigenvalue weighted by molar-refractivity contribution is 9.09. The molecule has 0 atom stereocenters. The highest BCUT2D eigenvalue weighted by Gasteiger charge is 2.42. The lowest BCUT2D eigenvalue weighted by Crippen LogP contribution is -2.10. The van der Waals surface area contributed by atoms with Crippen LogP contribution < -0.4 is 0 Å². The first kappa shape index (κ1) is 11.5. The van der Waals surface area contributed by atoms with E-state index in [1.54, 1.807) is 0 Å². The number of halogens is 2. The first-order valence-corrected chi connectivity index (χ1v) is 6.88. The fourth-order valence-electron chi connectivity index (χ4n) is 1.90. The predicted octanol–water partition coefficient (Wildman–Crippen LogP) is 3.35. The lowest BCUT2D eigenvalue weighted by atomic mass is 10.0. The Morgan fingerprint density at radius 3 is 2.60 bits per heavy atom. The van der Waals surface area contributed by atoms with Crippen LogP contribution in [0, 0.1) is 5.41 Å². The summed E-state index contributed by atoms with van der Waals surface area (Å²) in [7, 11) is 1.99. The molecule has 4 heteroatoms. The van der Waals surface area contributed by atoms with Crippen LogP contribution in [0.5, 0.6) is 0 Å².